The van der Waals surface area contributed by atoms with Gasteiger partial charge in [0.2, 0.25) is 11.7 Å². The maximum absolute atomic E-state index is 10.8. The third-order valence-electron chi connectivity index (χ3n) is 1.87. The Morgan fingerprint density at radius 3 is 2.88 bits per heavy atom. The molecule has 0 saturated heterocycles. The van der Waals surface area contributed by atoms with Crippen molar-refractivity contribution >= 4 is 5.69 Å². The molecule has 0 radical (unpaired) electrons. The van der Waals surface area contributed by atoms with Crippen LogP contribution in [0, 0.1) is 10.1 Å². The molecule has 0 aliphatic heterocycles. The van der Waals surface area contributed by atoms with Crippen molar-refractivity contribution in [2.45, 2.75) is 0 Å². The van der Waals surface area contributed by atoms with Crippen LogP contribution in [-0.2, 0) is 0 Å². The first kappa shape index (κ1) is 10.0. The highest BCUT2D eigenvalue weighted by Crippen LogP contribution is 2.22. The smallest absolute Gasteiger partial charge is 0.314 e. The molecule has 0 saturated carbocycles. The molecule has 2 rings (SSSR count). The number of ether oxygens (including phenoxy) is 1. The van der Waals surface area contributed by atoms with Crippen molar-refractivity contribution in [2.75, 3.05) is 7.11 Å². The summed E-state index contributed by atoms with van der Waals surface area (Å²) in [5, 5.41) is 14.6. The number of nitro groups is 1. The van der Waals surface area contributed by atoms with Crippen molar-refractivity contribution in [1.29, 1.82) is 0 Å². The Hall–Kier alpha value is -2.51. The van der Waals surface area contributed by atoms with Crippen LogP contribution in [0.4, 0.5) is 5.69 Å². The van der Waals surface area contributed by atoms with E-state index >= 15 is 0 Å². The molecular weight excluding hydrogens is 214 g/mol. The monoisotopic (exact) mass is 221 g/mol. The molecule has 0 amide bonds. The molecule has 0 N–H and O–H groups in total. The molecule has 0 atom stereocenters. The maximum Gasteiger partial charge on any atom is 0.314 e. The van der Waals surface area contributed by atoms with Crippen LogP contribution in [0.2, 0.25) is 0 Å². The summed E-state index contributed by atoms with van der Waals surface area (Å²) < 4.78 is 6.10. The number of hydrogen-bond acceptors (Lipinski definition) is 6. The van der Waals surface area contributed by atoms with Crippen molar-refractivity contribution in [3.63, 3.8) is 0 Å². The third-order valence-corrected chi connectivity index (χ3v) is 1.87. The van der Waals surface area contributed by atoms with E-state index in [1.807, 2.05) is 0 Å². The van der Waals surface area contributed by atoms with Crippen LogP contribution >= 0.6 is 0 Å². The molecule has 0 unspecified atom stereocenters. The van der Waals surface area contributed by atoms with Gasteiger partial charge in [-0.1, -0.05) is 0 Å². The quantitative estimate of drug-likeness (QED) is 0.555. The summed E-state index contributed by atoms with van der Waals surface area (Å²) in [6.07, 6.45) is 2.60. The van der Waals surface area contributed by atoms with Crippen LogP contribution in [0.5, 0.6) is 5.88 Å². The highest BCUT2D eigenvalue weighted by Gasteiger charge is 2.18. The van der Waals surface area contributed by atoms with E-state index < -0.39 is 4.92 Å². The Kier molecular flexibility index (Phi) is 2.46. The van der Waals surface area contributed by atoms with Gasteiger partial charge in [0.15, 0.2) is 0 Å². The van der Waals surface area contributed by atoms with E-state index in [1.165, 1.54) is 36.6 Å². The van der Waals surface area contributed by atoms with Crippen molar-refractivity contribution in [1.82, 2.24) is 19.7 Å². The Morgan fingerprint density at radius 1 is 1.50 bits per heavy atom. The molecule has 0 aliphatic rings. The second kappa shape index (κ2) is 3.93. The molecule has 0 bridgehead atoms. The van der Waals surface area contributed by atoms with Crippen LogP contribution < -0.4 is 4.74 Å². The lowest BCUT2D eigenvalue weighted by Gasteiger charge is -2.03. The highest BCUT2D eigenvalue weighted by atomic mass is 16.6. The Labute approximate surface area is 89.7 Å². The van der Waals surface area contributed by atoms with Crippen molar-refractivity contribution in [3.8, 4) is 11.7 Å². The van der Waals surface area contributed by atoms with Gasteiger partial charge in [-0.25, -0.2) is 4.98 Å². The van der Waals surface area contributed by atoms with Gasteiger partial charge in [-0.2, -0.15) is 14.8 Å². The highest BCUT2D eigenvalue weighted by molar-refractivity contribution is 5.47. The van der Waals surface area contributed by atoms with Gasteiger partial charge in [0, 0.05) is 12.1 Å². The molecule has 0 aliphatic carbocycles. The lowest BCUT2D eigenvalue weighted by Crippen LogP contribution is -2.04. The van der Waals surface area contributed by atoms with Gasteiger partial charge in [0.25, 0.3) is 0 Å². The average molecular weight is 221 g/mol. The third kappa shape index (κ3) is 1.67. The van der Waals surface area contributed by atoms with E-state index in [-0.39, 0.29) is 17.4 Å². The van der Waals surface area contributed by atoms with Crippen LogP contribution in [0.25, 0.3) is 5.82 Å². The summed E-state index contributed by atoms with van der Waals surface area (Å²) in [4.78, 5) is 17.9. The molecule has 2 aromatic rings. The normalized spacial score (nSPS) is 10.1. The fourth-order valence-electron chi connectivity index (χ4n) is 1.17. The van der Waals surface area contributed by atoms with Gasteiger partial charge in [0.05, 0.1) is 12.0 Å². The number of aromatic nitrogens is 4. The molecule has 0 aromatic carbocycles. The zero-order valence-electron chi connectivity index (χ0n) is 8.27. The summed E-state index contributed by atoms with van der Waals surface area (Å²) in [7, 11) is 1.43. The van der Waals surface area contributed by atoms with Gasteiger partial charge >= 0.3 is 5.69 Å². The SMILES string of the molecule is COc1ccc([N+](=O)[O-])c(-n2cncn2)n1. The van der Waals surface area contributed by atoms with Crippen LogP contribution in [0.3, 0.4) is 0 Å². The average Bonchev–Trinajstić information content (AvgIpc) is 2.81. The maximum atomic E-state index is 10.8. The molecule has 2 heterocycles. The molecule has 2 aromatic heterocycles. The predicted molar refractivity (Wildman–Crippen MR) is 52.4 cm³/mol. The zero-order chi connectivity index (χ0) is 11.5. The van der Waals surface area contributed by atoms with E-state index in [4.69, 9.17) is 4.74 Å². The second-order valence-corrected chi connectivity index (χ2v) is 2.79. The number of hydrogen-bond donors (Lipinski definition) is 0. The molecule has 0 spiro atoms. The largest absolute Gasteiger partial charge is 0.481 e. The zero-order valence-corrected chi connectivity index (χ0v) is 8.27. The van der Waals surface area contributed by atoms with Gasteiger partial charge in [-0.3, -0.25) is 10.1 Å². The Morgan fingerprint density at radius 2 is 2.31 bits per heavy atom. The molecule has 16 heavy (non-hydrogen) atoms. The topological polar surface area (TPSA) is 96.0 Å². The van der Waals surface area contributed by atoms with Gasteiger partial charge < -0.3 is 4.74 Å². The van der Waals surface area contributed by atoms with E-state index in [0.29, 0.717) is 0 Å². The van der Waals surface area contributed by atoms with E-state index in [1.54, 1.807) is 0 Å². The number of pyridine rings is 1. The minimum Gasteiger partial charge on any atom is -0.481 e. The number of nitrogens with zero attached hydrogens (tertiary/aromatic N) is 5. The summed E-state index contributed by atoms with van der Waals surface area (Å²) in [5.41, 5.74) is -0.161. The molecule has 0 fully saturated rings. The minimum atomic E-state index is -0.538. The fraction of sp³-hybridized carbons (Fsp3) is 0.125. The molecular formula is C8H7N5O3. The predicted octanol–water partition coefficient (Wildman–Crippen LogP) is 0.579. The minimum absolute atomic E-state index is 0.0712. The summed E-state index contributed by atoms with van der Waals surface area (Å²) >= 11 is 0. The van der Waals surface area contributed by atoms with E-state index in [0.717, 1.165) is 0 Å². The van der Waals surface area contributed by atoms with Crippen molar-refractivity contribution in [3.05, 3.63) is 34.9 Å². The first-order valence-electron chi connectivity index (χ1n) is 4.27. The van der Waals surface area contributed by atoms with Gasteiger partial charge in [-0.05, 0) is 0 Å². The molecule has 8 heteroatoms. The second-order valence-electron chi connectivity index (χ2n) is 2.79. The first-order chi connectivity index (χ1) is 7.72. The van der Waals surface area contributed by atoms with E-state index in [9.17, 15) is 10.1 Å². The summed E-state index contributed by atoms with van der Waals surface area (Å²) in [6.45, 7) is 0. The number of methoxy groups -OCH3 is 1. The van der Waals surface area contributed by atoms with Crippen LogP contribution in [0.1, 0.15) is 0 Å². The number of rotatable bonds is 3. The summed E-state index contributed by atoms with van der Waals surface area (Å²) in [5.74, 6) is 0.345. The van der Waals surface area contributed by atoms with E-state index in [2.05, 4.69) is 15.1 Å². The van der Waals surface area contributed by atoms with Crippen LogP contribution in [0.15, 0.2) is 24.8 Å². The molecule has 8 nitrogen and oxygen atoms in total. The lowest BCUT2D eigenvalue weighted by molar-refractivity contribution is -0.385. The Bertz CT molecular complexity index is 510. The fourth-order valence-corrected chi connectivity index (χ4v) is 1.17. The summed E-state index contributed by atoms with van der Waals surface area (Å²) in [6, 6.07) is 2.72. The Balaban J connectivity index is 2.59. The van der Waals surface area contributed by atoms with Gasteiger partial charge in [-0.15, -0.1) is 0 Å². The lowest BCUT2D eigenvalue weighted by atomic mass is 10.4. The first-order valence-corrected chi connectivity index (χ1v) is 4.27. The van der Waals surface area contributed by atoms with Crippen LogP contribution in [-0.4, -0.2) is 31.8 Å². The standard InChI is InChI=1S/C8H7N5O3/c1-16-7-3-2-6(13(14)15)8(11-7)12-5-9-4-10-12/h2-5H,1H3. The van der Waals surface area contributed by atoms with Crippen molar-refractivity contribution in [2.24, 2.45) is 0 Å². The van der Waals surface area contributed by atoms with Gasteiger partial charge in [0.1, 0.15) is 12.7 Å². The molecule has 82 valence electrons. The van der Waals surface area contributed by atoms with Crippen molar-refractivity contribution < 1.29 is 9.66 Å².